The van der Waals surface area contributed by atoms with Crippen molar-refractivity contribution in [2.75, 3.05) is 13.7 Å². The monoisotopic (exact) mass is 352 g/mol. The number of ether oxygens (including phenoxy) is 2. The fourth-order valence-corrected chi connectivity index (χ4v) is 2.61. The van der Waals surface area contributed by atoms with E-state index < -0.39 is 0 Å². The van der Waals surface area contributed by atoms with Gasteiger partial charge in [-0.25, -0.2) is 4.98 Å². The summed E-state index contributed by atoms with van der Waals surface area (Å²) in [7, 11) is 1.45. The van der Waals surface area contributed by atoms with Crippen molar-refractivity contribution in [1.82, 2.24) is 4.98 Å². The van der Waals surface area contributed by atoms with E-state index in [1.165, 1.54) is 13.2 Å². The minimum absolute atomic E-state index is 0.0828. The van der Waals surface area contributed by atoms with E-state index in [0.29, 0.717) is 39.8 Å². The van der Waals surface area contributed by atoms with Crippen LogP contribution in [0.5, 0.6) is 17.4 Å². The van der Waals surface area contributed by atoms with E-state index in [9.17, 15) is 5.11 Å². The van der Waals surface area contributed by atoms with Crippen LogP contribution < -0.4 is 9.47 Å². The van der Waals surface area contributed by atoms with Crippen molar-refractivity contribution in [1.29, 1.82) is 5.26 Å². The molecular weight excluding hydrogens is 339 g/mol. The second kappa shape index (κ2) is 7.51. The van der Waals surface area contributed by atoms with Crippen LogP contribution in [0.3, 0.4) is 0 Å². The maximum atomic E-state index is 9.26. The molecule has 7 heteroatoms. The van der Waals surface area contributed by atoms with E-state index in [4.69, 9.17) is 37.9 Å². The largest absolute Gasteiger partial charge is 0.480 e. The summed E-state index contributed by atoms with van der Waals surface area (Å²) in [6.07, 6.45) is 0.323. The first-order valence-corrected chi connectivity index (χ1v) is 7.48. The van der Waals surface area contributed by atoms with Gasteiger partial charge in [-0.3, -0.25) is 0 Å². The molecule has 0 atom stereocenters. The van der Waals surface area contributed by atoms with Crippen LogP contribution in [-0.4, -0.2) is 23.8 Å². The molecule has 2 rings (SSSR count). The smallest absolute Gasteiger partial charge is 0.236 e. The van der Waals surface area contributed by atoms with Crippen molar-refractivity contribution < 1.29 is 14.6 Å². The Balaban J connectivity index is 2.56. The number of aryl methyl sites for hydroxylation is 1. The molecule has 1 aromatic carbocycles. The molecule has 5 nitrogen and oxygen atoms in total. The zero-order valence-corrected chi connectivity index (χ0v) is 14.1. The molecule has 0 saturated heterocycles. The number of benzene rings is 1. The van der Waals surface area contributed by atoms with Gasteiger partial charge in [-0.05, 0) is 25.1 Å². The molecule has 1 aromatic heterocycles. The average Bonchev–Trinajstić information content (AvgIpc) is 2.53. The van der Waals surface area contributed by atoms with Crippen LogP contribution >= 0.6 is 23.2 Å². The third-order valence-electron chi connectivity index (χ3n) is 3.14. The zero-order chi connectivity index (χ0) is 17.0. The lowest BCUT2D eigenvalue weighted by Gasteiger charge is -2.16. The Bertz CT molecular complexity index is 773. The molecule has 0 spiro atoms. The maximum absolute atomic E-state index is 9.26. The number of rotatable bonds is 5. The van der Waals surface area contributed by atoms with E-state index in [0.717, 1.165) is 0 Å². The summed E-state index contributed by atoms with van der Waals surface area (Å²) in [4.78, 5) is 4.24. The summed E-state index contributed by atoms with van der Waals surface area (Å²) < 4.78 is 11.0. The third-order valence-corrected chi connectivity index (χ3v) is 3.69. The van der Waals surface area contributed by atoms with Crippen LogP contribution in [0.15, 0.2) is 18.2 Å². The molecule has 0 bridgehead atoms. The molecule has 0 saturated carbocycles. The topological polar surface area (TPSA) is 75.4 Å². The van der Waals surface area contributed by atoms with Crippen molar-refractivity contribution >= 4 is 23.2 Å². The molecule has 0 fully saturated rings. The fraction of sp³-hybridized carbons (Fsp3) is 0.250. The van der Waals surface area contributed by atoms with Gasteiger partial charge in [-0.1, -0.05) is 23.2 Å². The van der Waals surface area contributed by atoms with Gasteiger partial charge in [-0.2, -0.15) is 5.26 Å². The standard InChI is InChI=1S/C16H14Cl2N2O3/c1-9-13(3-4-21)15(14(18)16(20-9)22-2)23-12-6-10(8-19)5-11(17)7-12/h5-7,21H,3-4H2,1-2H3. The molecule has 23 heavy (non-hydrogen) atoms. The van der Waals surface area contributed by atoms with Gasteiger partial charge in [0.15, 0.2) is 5.75 Å². The summed E-state index contributed by atoms with van der Waals surface area (Å²) in [6, 6.07) is 6.66. The Kier molecular flexibility index (Phi) is 5.67. The predicted octanol–water partition coefficient (Wildman–Crippen LogP) is 3.90. The second-order valence-corrected chi connectivity index (χ2v) is 5.51. The molecule has 0 aliphatic carbocycles. The first-order valence-electron chi connectivity index (χ1n) is 6.72. The predicted molar refractivity (Wildman–Crippen MR) is 87.6 cm³/mol. The molecule has 0 amide bonds. The van der Waals surface area contributed by atoms with Gasteiger partial charge in [0.2, 0.25) is 5.88 Å². The fourth-order valence-electron chi connectivity index (χ4n) is 2.11. The number of hydrogen-bond acceptors (Lipinski definition) is 5. The van der Waals surface area contributed by atoms with Crippen molar-refractivity contribution in [3.8, 4) is 23.4 Å². The molecule has 0 aliphatic heterocycles. The second-order valence-electron chi connectivity index (χ2n) is 4.69. The number of halogens is 2. The number of aliphatic hydroxyl groups excluding tert-OH is 1. The Morgan fingerprint density at radius 2 is 2.04 bits per heavy atom. The lowest BCUT2D eigenvalue weighted by molar-refractivity contribution is 0.297. The van der Waals surface area contributed by atoms with Crippen LogP contribution in [0.25, 0.3) is 0 Å². The minimum atomic E-state index is -0.0828. The van der Waals surface area contributed by atoms with Crippen molar-refractivity contribution in [2.24, 2.45) is 0 Å². The van der Waals surface area contributed by atoms with E-state index in [1.807, 2.05) is 6.07 Å². The van der Waals surface area contributed by atoms with Gasteiger partial charge >= 0.3 is 0 Å². The summed E-state index contributed by atoms with van der Waals surface area (Å²) in [6.45, 7) is 1.69. The number of nitrogens with zero attached hydrogens (tertiary/aromatic N) is 2. The van der Waals surface area contributed by atoms with E-state index in [-0.39, 0.29) is 17.5 Å². The third kappa shape index (κ3) is 3.85. The summed E-state index contributed by atoms with van der Waals surface area (Å²) in [5.74, 6) is 0.919. The van der Waals surface area contributed by atoms with Crippen molar-refractivity contribution in [2.45, 2.75) is 13.3 Å². The lowest BCUT2D eigenvalue weighted by atomic mass is 10.1. The summed E-state index contributed by atoms with van der Waals surface area (Å²) in [5, 5.41) is 18.8. The molecule has 2 aromatic rings. The Labute approximate surface area is 144 Å². The Morgan fingerprint density at radius 1 is 1.30 bits per heavy atom. The number of aliphatic hydroxyl groups is 1. The van der Waals surface area contributed by atoms with E-state index in [1.54, 1.807) is 19.1 Å². The molecule has 0 radical (unpaired) electrons. The van der Waals surface area contributed by atoms with Gasteiger partial charge in [0.05, 0.1) is 18.7 Å². The number of hydrogen-bond donors (Lipinski definition) is 1. The van der Waals surface area contributed by atoms with E-state index in [2.05, 4.69) is 4.98 Å². The van der Waals surface area contributed by atoms with Crippen LogP contribution in [0.4, 0.5) is 0 Å². The molecule has 0 unspecified atom stereocenters. The van der Waals surface area contributed by atoms with Crippen molar-refractivity contribution in [3.05, 3.63) is 45.1 Å². The van der Waals surface area contributed by atoms with Gasteiger partial charge in [0, 0.05) is 29.3 Å². The highest BCUT2D eigenvalue weighted by atomic mass is 35.5. The van der Waals surface area contributed by atoms with Gasteiger partial charge < -0.3 is 14.6 Å². The number of nitriles is 1. The van der Waals surface area contributed by atoms with Crippen LogP contribution in [0.1, 0.15) is 16.8 Å². The van der Waals surface area contributed by atoms with Gasteiger partial charge in [0.1, 0.15) is 10.8 Å². The van der Waals surface area contributed by atoms with Crippen molar-refractivity contribution in [3.63, 3.8) is 0 Å². The minimum Gasteiger partial charge on any atom is -0.480 e. The molecule has 1 N–H and O–H groups in total. The quantitative estimate of drug-likeness (QED) is 0.882. The molecule has 0 aliphatic rings. The number of methoxy groups -OCH3 is 1. The highest BCUT2D eigenvalue weighted by Gasteiger charge is 2.19. The summed E-state index contributed by atoms with van der Waals surface area (Å²) in [5.41, 5.74) is 1.67. The normalized spacial score (nSPS) is 10.3. The van der Waals surface area contributed by atoms with Crippen LogP contribution in [0.2, 0.25) is 10.0 Å². The first kappa shape index (κ1) is 17.4. The molecule has 1 heterocycles. The molecule has 120 valence electrons. The zero-order valence-electron chi connectivity index (χ0n) is 12.6. The SMILES string of the molecule is COc1nc(C)c(CCO)c(Oc2cc(Cl)cc(C#N)c2)c1Cl. The maximum Gasteiger partial charge on any atom is 0.236 e. The lowest BCUT2D eigenvalue weighted by Crippen LogP contribution is -2.04. The Morgan fingerprint density at radius 3 is 2.65 bits per heavy atom. The molecular formula is C16H14Cl2N2O3. The number of pyridine rings is 1. The number of aromatic nitrogens is 1. The highest BCUT2D eigenvalue weighted by molar-refractivity contribution is 6.33. The van der Waals surface area contributed by atoms with Gasteiger partial charge in [0.25, 0.3) is 0 Å². The summed E-state index contributed by atoms with van der Waals surface area (Å²) >= 11 is 12.3. The van der Waals surface area contributed by atoms with E-state index >= 15 is 0 Å². The van der Waals surface area contributed by atoms with Crippen LogP contribution in [-0.2, 0) is 6.42 Å². The van der Waals surface area contributed by atoms with Crippen LogP contribution in [0, 0.1) is 18.3 Å². The van der Waals surface area contributed by atoms with Gasteiger partial charge in [-0.15, -0.1) is 0 Å². The first-order chi connectivity index (χ1) is 11.0. The average molecular weight is 353 g/mol. The Hall–Kier alpha value is -2.00. The highest BCUT2D eigenvalue weighted by Crippen LogP contribution is 2.40.